The highest BCUT2D eigenvalue weighted by Crippen LogP contribution is 2.44. The SMILES string of the molecule is CCN(CC)CC(=O)N1CC(C)(C)c2ccc(N3C(=O)N(Cc4ccncc4)C(C)(C)C3=O)cc21. The smallest absolute Gasteiger partial charge is 0.310 e. The van der Waals surface area contributed by atoms with E-state index in [1.165, 1.54) is 4.90 Å². The van der Waals surface area contributed by atoms with Crippen LogP contribution in [0.15, 0.2) is 42.7 Å². The van der Waals surface area contributed by atoms with Gasteiger partial charge in [0, 0.05) is 36.6 Å². The number of anilines is 2. The van der Waals surface area contributed by atoms with Crippen LogP contribution in [0.3, 0.4) is 0 Å². The van der Waals surface area contributed by atoms with Crippen LogP contribution in [0.25, 0.3) is 0 Å². The van der Waals surface area contributed by atoms with Crippen LogP contribution in [-0.4, -0.2) is 64.3 Å². The van der Waals surface area contributed by atoms with Crippen molar-refractivity contribution in [3.8, 4) is 0 Å². The number of hydrogen-bond acceptors (Lipinski definition) is 5. The number of amides is 4. The second-order valence-corrected chi connectivity index (χ2v) is 10.5. The van der Waals surface area contributed by atoms with Crippen molar-refractivity contribution < 1.29 is 14.4 Å². The van der Waals surface area contributed by atoms with Crippen molar-refractivity contribution in [2.45, 2.75) is 59.0 Å². The number of pyridine rings is 1. The molecule has 1 aromatic carbocycles. The van der Waals surface area contributed by atoms with Crippen molar-refractivity contribution in [2.24, 2.45) is 0 Å². The molecule has 1 saturated heterocycles. The monoisotopic (exact) mass is 477 g/mol. The van der Waals surface area contributed by atoms with Crippen molar-refractivity contribution in [3.63, 3.8) is 0 Å². The Morgan fingerprint density at radius 2 is 1.69 bits per heavy atom. The minimum absolute atomic E-state index is 0.0244. The summed E-state index contributed by atoms with van der Waals surface area (Å²) in [6, 6.07) is 8.91. The van der Waals surface area contributed by atoms with Gasteiger partial charge in [-0.25, -0.2) is 9.69 Å². The quantitative estimate of drug-likeness (QED) is 0.567. The minimum Gasteiger partial charge on any atom is -0.310 e. The number of urea groups is 1. The summed E-state index contributed by atoms with van der Waals surface area (Å²) in [5, 5.41) is 0. The molecule has 186 valence electrons. The Hall–Kier alpha value is -3.26. The maximum Gasteiger partial charge on any atom is 0.332 e. The van der Waals surface area contributed by atoms with Gasteiger partial charge in [-0.15, -0.1) is 0 Å². The molecule has 2 aliphatic heterocycles. The molecule has 1 fully saturated rings. The van der Waals surface area contributed by atoms with Crippen molar-refractivity contribution in [1.82, 2.24) is 14.8 Å². The van der Waals surface area contributed by atoms with Gasteiger partial charge in [0.2, 0.25) is 5.91 Å². The standard InChI is InChI=1S/C27H35N5O3/c1-7-29(8-2)17-23(33)30-18-26(3,4)21-10-9-20(15-22(21)30)32-24(34)27(5,6)31(25(32)35)16-19-11-13-28-14-12-19/h9-15H,7-8,16-18H2,1-6H3. The first-order valence-corrected chi connectivity index (χ1v) is 12.2. The predicted octanol–water partition coefficient (Wildman–Crippen LogP) is 3.80. The highest BCUT2D eigenvalue weighted by molar-refractivity contribution is 6.23. The van der Waals surface area contributed by atoms with E-state index >= 15 is 0 Å². The number of hydrogen-bond donors (Lipinski definition) is 0. The maximum atomic E-state index is 13.5. The second kappa shape index (κ2) is 9.07. The first-order chi connectivity index (χ1) is 16.5. The molecule has 35 heavy (non-hydrogen) atoms. The van der Waals surface area contributed by atoms with E-state index in [2.05, 4.69) is 23.7 Å². The summed E-state index contributed by atoms with van der Waals surface area (Å²) < 4.78 is 0. The molecule has 4 rings (SSSR count). The van der Waals surface area contributed by atoms with Crippen LogP contribution in [0, 0.1) is 0 Å². The molecule has 0 saturated carbocycles. The van der Waals surface area contributed by atoms with E-state index in [-0.39, 0.29) is 23.3 Å². The number of benzene rings is 1. The summed E-state index contributed by atoms with van der Waals surface area (Å²) in [6.07, 6.45) is 3.35. The van der Waals surface area contributed by atoms with Crippen LogP contribution in [-0.2, 0) is 21.5 Å². The summed E-state index contributed by atoms with van der Waals surface area (Å²) in [7, 11) is 0. The summed E-state index contributed by atoms with van der Waals surface area (Å²) in [4.78, 5) is 51.0. The van der Waals surface area contributed by atoms with Crippen LogP contribution in [0.2, 0.25) is 0 Å². The van der Waals surface area contributed by atoms with Gasteiger partial charge in [0.1, 0.15) is 5.54 Å². The molecular weight excluding hydrogens is 442 g/mol. The zero-order valence-corrected chi connectivity index (χ0v) is 21.5. The van der Waals surface area contributed by atoms with Gasteiger partial charge in [0.05, 0.1) is 12.2 Å². The van der Waals surface area contributed by atoms with Gasteiger partial charge < -0.3 is 9.80 Å². The highest BCUT2D eigenvalue weighted by atomic mass is 16.2. The van der Waals surface area contributed by atoms with E-state index in [1.807, 2.05) is 49.1 Å². The maximum absolute atomic E-state index is 13.5. The first-order valence-electron chi connectivity index (χ1n) is 12.2. The lowest BCUT2D eigenvalue weighted by Gasteiger charge is -2.27. The number of aromatic nitrogens is 1. The third kappa shape index (κ3) is 4.31. The Morgan fingerprint density at radius 1 is 1.03 bits per heavy atom. The number of imide groups is 1. The van der Waals surface area contributed by atoms with Gasteiger partial charge >= 0.3 is 6.03 Å². The Morgan fingerprint density at radius 3 is 2.31 bits per heavy atom. The average molecular weight is 478 g/mol. The zero-order valence-electron chi connectivity index (χ0n) is 21.5. The van der Waals surface area contributed by atoms with Crippen molar-refractivity contribution in [2.75, 3.05) is 36.0 Å². The van der Waals surface area contributed by atoms with Gasteiger partial charge in [0.15, 0.2) is 0 Å². The predicted molar refractivity (Wildman–Crippen MR) is 136 cm³/mol. The van der Waals surface area contributed by atoms with Crippen molar-refractivity contribution in [3.05, 3.63) is 53.9 Å². The summed E-state index contributed by atoms with van der Waals surface area (Å²) in [5.74, 6) is -0.258. The largest absolute Gasteiger partial charge is 0.332 e. The van der Waals surface area contributed by atoms with Crippen molar-refractivity contribution in [1.29, 1.82) is 0 Å². The average Bonchev–Trinajstić information content (AvgIpc) is 3.19. The van der Waals surface area contributed by atoms with Crippen molar-refractivity contribution >= 4 is 29.2 Å². The van der Waals surface area contributed by atoms with Gasteiger partial charge in [-0.2, -0.15) is 0 Å². The summed E-state index contributed by atoms with van der Waals surface area (Å²) in [5.41, 5.74) is 1.98. The minimum atomic E-state index is -1.00. The summed E-state index contributed by atoms with van der Waals surface area (Å²) in [6.45, 7) is 14.6. The van der Waals surface area contributed by atoms with E-state index in [0.29, 0.717) is 25.3 Å². The van der Waals surface area contributed by atoms with Crippen LogP contribution >= 0.6 is 0 Å². The third-order valence-corrected chi connectivity index (χ3v) is 7.28. The number of carbonyl (C=O) groups excluding carboxylic acids is 3. The van der Waals surface area contributed by atoms with E-state index < -0.39 is 5.54 Å². The molecule has 8 heteroatoms. The van der Waals surface area contributed by atoms with Crippen LogP contribution < -0.4 is 9.80 Å². The number of rotatable bonds is 7. The number of likely N-dealkylation sites (N-methyl/N-ethyl adjacent to an activating group) is 1. The Labute approximate surface area is 207 Å². The number of carbonyl (C=O) groups is 3. The Bertz CT molecular complexity index is 1140. The molecule has 2 aromatic rings. The second-order valence-electron chi connectivity index (χ2n) is 10.5. The zero-order chi connectivity index (χ0) is 25.5. The van der Waals surface area contributed by atoms with Crippen LogP contribution in [0.5, 0.6) is 0 Å². The number of nitrogens with zero attached hydrogens (tertiary/aromatic N) is 5. The fraction of sp³-hybridized carbons (Fsp3) is 0.481. The van der Waals surface area contributed by atoms with Gasteiger partial charge in [-0.1, -0.05) is 33.8 Å². The molecule has 1 aromatic heterocycles. The molecule has 2 aliphatic rings. The van der Waals surface area contributed by atoms with Gasteiger partial charge in [-0.3, -0.25) is 19.5 Å². The lowest BCUT2D eigenvalue weighted by molar-refractivity contribution is -0.123. The number of fused-ring (bicyclic) bond motifs is 1. The lowest BCUT2D eigenvalue weighted by Crippen LogP contribution is -2.43. The summed E-state index contributed by atoms with van der Waals surface area (Å²) >= 11 is 0. The molecule has 8 nitrogen and oxygen atoms in total. The Kier molecular flexibility index (Phi) is 6.44. The molecule has 4 amide bonds. The third-order valence-electron chi connectivity index (χ3n) is 7.28. The molecule has 0 radical (unpaired) electrons. The molecule has 0 aliphatic carbocycles. The van der Waals surface area contributed by atoms with E-state index in [9.17, 15) is 14.4 Å². The van der Waals surface area contributed by atoms with E-state index in [4.69, 9.17) is 0 Å². The molecule has 0 atom stereocenters. The molecule has 0 spiro atoms. The molecule has 0 N–H and O–H groups in total. The molecule has 0 unspecified atom stereocenters. The fourth-order valence-corrected chi connectivity index (χ4v) is 4.97. The molecule has 0 bridgehead atoms. The van der Waals surface area contributed by atoms with Gasteiger partial charge in [0.25, 0.3) is 5.91 Å². The normalized spacial score (nSPS) is 18.5. The van der Waals surface area contributed by atoms with Gasteiger partial charge in [-0.05, 0) is 62.3 Å². The first kappa shape index (κ1) is 24.9. The van der Waals surface area contributed by atoms with E-state index in [1.54, 1.807) is 31.1 Å². The Balaban J connectivity index is 1.68. The van der Waals surface area contributed by atoms with E-state index in [0.717, 1.165) is 29.9 Å². The topological polar surface area (TPSA) is 77.1 Å². The molecular formula is C27H35N5O3. The fourth-order valence-electron chi connectivity index (χ4n) is 4.97. The van der Waals surface area contributed by atoms with Crippen LogP contribution in [0.4, 0.5) is 16.2 Å². The highest BCUT2D eigenvalue weighted by Gasteiger charge is 2.52. The molecule has 3 heterocycles. The van der Waals surface area contributed by atoms with Crippen LogP contribution in [0.1, 0.15) is 52.7 Å². The lowest BCUT2D eigenvalue weighted by atomic mass is 9.87.